The lowest BCUT2D eigenvalue weighted by atomic mass is 9.90. The molecule has 11 heteroatoms. The van der Waals surface area contributed by atoms with Crippen LogP contribution in [0, 0.1) is 0 Å². The van der Waals surface area contributed by atoms with Crippen molar-refractivity contribution in [3.05, 3.63) is 77.9 Å². The highest BCUT2D eigenvalue weighted by Crippen LogP contribution is 2.30. The van der Waals surface area contributed by atoms with Gasteiger partial charge in [-0.05, 0) is 30.7 Å². The zero-order valence-electron chi connectivity index (χ0n) is 20.2. The van der Waals surface area contributed by atoms with E-state index in [1.165, 1.54) is 24.3 Å². The molecule has 6 atom stereocenters. The zero-order valence-corrected chi connectivity index (χ0v) is 20.2. The molecule has 4 rings (SSSR count). The highest BCUT2D eigenvalue weighted by molar-refractivity contribution is 6.09. The molecular weight excluding hydrogens is 500 g/mol. The molecule has 1 aliphatic heterocycles. The number of allylic oxidation sites excluding steroid dienone is 1. The minimum Gasteiger partial charge on any atom is -0.460 e. The van der Waals surface area contributed by atoms with Crippen LogP contribution in [0.5, 0.6) is 5.75 Å². The van der Waals surface area contributed by atoms with Gasteiger partial charge in [-0.1, -0.05) is 42.5 Å². The van der Waals surface area contributed by atoms with Gasteiger partial charge >= 0.3 is 11.9 Å². The first-order chi connectivity index (χ1) is 18.2. The number of esters is 2. The molecule has 4 N–H and O–H groups in total. The SMILES string of the molecule is O=C(O[C@@H]1[C@@H](Oc2ccccc2COC(=O)C2(O)C=CCCC2=O)O[C@H](CO)[C@H](O)[C@H]1O)c1ccccc1. The first-order valence-electron chi connectivity index (χ1n) is 12.0. The minimum absolute atomic E-state index is 0.00408. The lowest BCUT2D eigenvalue weighted by Gasteiger charge is -2.41. The number of carbonyl (C=O) groups is 3. The molecule has 1 fully saturated rings. The van der Waals surface area contributed by atoms with Gasteiger partial charge < -0.3 is 39.4 Å². The molecular formula is C27H28O11. The Balaban J connectivity index is 1.52. The Morgan fingerprint density at radius 3 is 2.45 bits per heavy atom. The number of aliphatic hydroxyl groups excluding tert-OH is 3. The third kappa shape index (κ3) is 5.77. The number of ketones is 1. The average molecular weight is 529 g/mol. The third-order valence-electron chi connectivity index (χ3n) is 6.29. The number of Topliss-reactive ketones (excluding diaryl/α,β-unsaturated/α-hetero) is 1. The minimum atomic E-state index is -2.37. The van der Waals surface area contributed by atoms with Gasteiger partial charge in [0.2, 0.25) is 11.9 Å². The Hall–Kier alpha value is -3.61. The summed E-state index contributed by atoms with van der Waals surface area (Å²) in [7, 11) is 0. The van der Waals surface area contributed by atoms with Gasteiger partial charge in [-0.15, -0.1) is 0 Å². The maximum Gasteiger partial charge on any atom is 0.350 e. The fourth-order valence-electron chi connectivity index (χ4n) is 4.09. The largest absolute Gasteiger partial charge is 0.460 e. The van der Waals surface area contributed by atoms with Crippen molar-refractivity contribution in [3.63, 3.8) is 0 Å². The molecule has 2 aromatic rings. The number of ether oxygens (including phenoxy) is 4. The number of hydrogen-bond donors (Lipinski definition) is 4. The molecule has 2 aromatic carbocycles. The number of para-hydroxylation sites is 1. The van der Waals surface area contributed by atoms with E-state index in [1.54, 1.807) is 36.4 Å². The monoisotopic (exact) mass is 528 g/mol. The lowest BCUT2D eigenvalue weighted by Crippen LogP contribution is -2.61. The van der Waals surface area contributed by atoms with E-state index in [0.717, 1.165) is 6.08 Å². The smallest absolute Gasteiger partial charge is 0.350 e. The van der Waals surface area contributed by atoms with Gasteiger partial charge in [0, 0.05) is 12.0 Å². The van der Waals surface area contributed by atoms with Crippen molar-refractivity contribution < 1.29 is 53.8 Å². The standard InChI is InChI=1S/C27H28O11/c28-14-19-21(30)22(31)23(38-24(32)16-8-2-1-3-9-16)25(37-19)36-18-11-5-4-10-17(18)15-35-26(33)27(34)13-7-6-12-20(27)29/h1-5,7-11,13,19,21-23,25,28,30-31,34H,6,12,14-15H2/t19-,21+,22-,23+,25+,27?/m1/s1. The van der Waals surface area contributed by atoms with Crippen LogP contribution in [-0.4, -0.2) is 81.1 Å². The Bertz CT molecular complexity index is 1180. The predicted octanol–water partition coefficient (Wildman–Crippen LogP) is 0.423. The molecule has 0 aromatic heterocycles. The number of benzene rings is 2. The van der Waals surface area contributed by atoms with Crippen molar-refractivity contribution in [2.75, 3.05) is 6.61 Å². The van der Waals surface area contributed by atoms with Crippen molar-refractivity contribution >= 4 is 17.7 Å². The van der Waals surface area contributed by atoms with Crippen LogP contribution >= 0.6 is 0 Å². The van der Waals surface area contributed by atoms with E-state index < -0.39 is 67.2 Å². The maximum absolute atomic E-state index is 12.7. The molecule has 1 unspecified atom stereocenters. The van der Waals surface area contributed by atoms with E-state index >= 15 is 0 Å². The van der Waals surface area contributed by atoms with E-state index in [9.17, 15) is 34.8 Å². The number of aliphatic hydroxyl groups is 4. The van der Waals surface area contributed by atoms with Gasteiger partial charge in [0.15, 0.2) is 11.9 Å². The van der Waals surface area contributed by atoms with E-state index in [-0.39, 0.29) is 17.7 Å². The number of carbonyl (C=O) groups excluding carboxylic acids is 3. The van der Waals surface area contributed by atoms with Gasteiger partial charge in [-0.25, -0.2) is 9.59 Å². The molecule has 1 heterocycles. The fraction of sp³-hybridized carbons (Fsp3) is 0.370. The van der Waals surface area contributed by atoms with Crippen molar-refractivity contribution in [2.24, 2.45) is 0 Å². The van der Waals surface area contributed by atoms with Crippen molar-refractivity contribution in [3.8, 4) is 5.75 Å². The van der Waals surface area contributed by atoms with Crippen molar-refractivity contribution in [1.29, 1.82) is 0 Å². The highest BCUT2D eigenvalue weighted by atomic mass is 16.7. The highest BCUT2D eigenvalue weighted by Gasteiger charge is 2.48. The summed E-state index contributed by atoms with van der Waals surface area (Å²) in [4.78, 5) is 37.3. The second kappa shape index (κ2) is 11.8. The Morgan fingerprint density at radius 2 is 1.74 bits per heavy atom. The zero-order chi connectivity index (χ0) is 27.3. The number of hydrogen-bond acceptors (Lipinski definition) is 11. The summed E-state index contributed by atoms with van der Waals surface area (Å²) < 4.78 is 22.2. The molecule has 1 saturated heterocycles. The molecule has 0 spiro atoms. The predicted molar refractivity (Wildman–Crippen MR) is 129 cm³/mol. The maximum atomic E-state index is 12.7. The summed E-state index contributed by atoms with van der Waals surface area (Å²) in [5.74, 6) is -2.52. The third-order valence-corrected chi connectivity index (χ3v) is 6.29. The second-order valence-electron chi connectivity index (χ2n) is 8.87. The van der Waals surface area contributed by atoms with Crippen LogP contribution in [-0.2, 0) is 30.4 Å². The summed E-state index contributed by atoms with van der Waals surface area (Å²) in [5.41, 5.74) is -1.88. The Kier molecular flexibility index (Phi) is 8.55. The summed E-state index contributed by atoms with van der Waals surface area (Å²) in [6, 6.07) is 14.2. The van der Waals surface area contributed by atoms with Crippen LogP contribution in [0.25, 0.3) is 0 Å². The van der Waals surface area contributed by atoms with Crippen LogP contribution in [0.4, 0.5) is 0 Å². The first kappa shape index (κ1) is 27.4. The van der Waals surface area contributed by atoms with E-state index in [4.69, 9.17) is 18.9 Å². The quantitative estimate of drug-likeness (QED) is 0.213. The van der Waals surface area contributed by atoms with E-state index in [1.807, 2.05) is 0 Å². The summed E-state index contributed by atoms with van der Waals surface area (Å²) >= 11 is 0. The first-order valence-corrected chi connectivity index (χ1v) is 12.0. The van der Waals surface area contributed by atoms with Crippen LogP contribution in [0.15, 0.2) is 66.7 Å². The normalized spacial score (nSPS) is 28.9. The van der Waals surface area contributed by atoms with Gasteiger partial charge in [0.25, 0.3) is 0 Å². The summed E-state index contributed by atoms with van der Waals surface area (Å²) in [6.07, 6.45) is -4.41. The Labute approximate surface area is 217 Å². The van der Waals surface area contributed by atoms with Gasteiger partial charge in [0.05, 0.1) is 12.2 Å². The molecule has 38 heavy (non-hydrogen) atoms. The lowest BCUT2D eigenvalue weighted by molar-refractivity contribution is -0.276. The van der Waals surface area contributed by atoms with Crippen LogP contribution in [0.1, 0.15) is 28.8 Å². The van der Waals surface area contributed by atoms with Gasteiger partial charge in [-0.2, -0.15) is 0 Å². The van der Waals surface area contributed by atoms with Crippen molar-refractivity contribution in [1.82, 2.24) is 0 Å². The molecule has 202 valence electrons. The van der Waals surface area contributed by atoms with Crippen LogP contribution in [0.2, 0.25) is 0 Å². The van der Waals surface area contributed by atoms with E-state index in [0.29, 0.717) is 12.0 Å². The Morgan fingerprint density at radius 1 is 1.03 bits per heavy atom. The van der Waals surface area contributed by atoms with Crippen molar-refractivity contribution in [2.45, 2.75) is 55.8 Å². The fourth-order valence-corrected chi connectivity index (χ4v) is 4.09. The van der Waals surface area contributed by atoms with Gasteiger partial charge in [0.1, 0.15) is 30.7 Å². The molecule has 0 radical (unpaired) electrons. The molecule has 2 aliphatic rings. The second-order valence-corrected chi connectivity index (χ2v) is 8.87. The van der Waals surface area contributed by atoms with Crippen LogP contribution < -0.4 is 4.74 Å². The molecule has 1 aliphatic carbocycles. The van der Waals surface area contributed by atoms with Crippen LogP contribution in [0.3, 0.4) is 0 Å². The van der Waals surface area contributed by atoms with Gasteiger partial charge in [-0.3, -0.25) is 4.79 Å². The topological polar surface area (TPSA) is 169 Å². The number of rotatable bonds is 8. The average Bonchev–Trinajstić information content (AvgIpc) is 2.93. The molecule has 0 saturated carbocycles. The molecule has 11 nitrogen and oxygen atoms in total. The molecule has 0 amide bonds. The van der Waals surface area contributed by atoms with E-state index in [2.05, 4.69) is 0 Å². The summed E-state index contributed by atoms with van der Waals surface area (Å²) in [6.45, 7) is -1.05. The molecule has 0 bridgehead atoms. The summed E-state index contributed by atoms with van der Waals surface area (Å²) in [5, 5.41) is 41.1.